The number of carbonyl (C=O) groups excluding carboxylic acids is 1. The van der Waals surface area contributed by atoms with Gasteiger partial charge in [-0.3, -0.25) is 0 Å². The van der Waals surface area contributed by atoms with E-state index in [-0.39, 0.29) is 40.1 Å². The number of aromatic carboxylic acids is 1. The van der Waals surface area contributed by atoms with Crippen LogP contribution < -0.4 is 10.5 Å². The van der Waals surface area contributed by atoms with Gasteiger partial charge in [0.2, 0.25) is 11.8 Å². The zero-order valence-corrected chi connectivity index (χ0v) is 22.2. The maximum absolute atomic E-state index is 12.5. The number of carbonyl (C=O) groups is 2. The molecule has 0 bridgehead atoms. The van der Waals surface area contributed by atoms with Crippen molar-refractivity contribution in [3.05, 3.63) is 99.2 Å². The first kappa shape index (κ1) is 26.6. The molecule has 0 saturated heterocycles. The number of rotatable bonds is 7. The van der Waals surface area contributed by atoms with Gasteiger partial charge in [-0.25, -0.2) is 14.3 Å². The maximum atomic E-state index is 12.5. The fourth-order valence-corrected chi connectivity index (χ4v) is 4.71. The van der Waals surface area contributed by atoms with Crippen LogP contribution in [0.2, 0.25) is 5.02 Å². The Labute approximate surface area is 233 Å². The lowest BCUT2D eigenvalue weighted by atomic mass is 9.88. The van der Waals surface area contributed by atoms with Crippen molar-refractivity contribution in [2.75, 3.05) is 6.61 Å². The van der Waals surface area contributed by atoms with Gasteiger partial charge in [0, 0.05) is 5.56 Å². The zero-order chi connectivity index (χ0) is 28.6. The lowest BCUT2D eigenvalue weighted by Gasteiger charge is -2.23. The minimum Gasteiger partial charge on any atom is -0.478 e. The Hall–Kier alpha value is -5.01. The fourth-order valence-electron chi connectivity index (χ4n) is 4.51. The van der Waals surface area contributed by atoms with E-state index in [4.69, 9.17) is 31.2 Å². The minimum absolute atomic E-state index is 0.0737. The Morgan fingerprint density at radius 3 is 2.75 bits per heavy atom. The summed E-state index contributed by atoms with van der Waals surface area (Å²) in [7, 11) is 0. The number of aryl methyl sites for hydroxylation is 1. The van der Waals surface area contributed by atoms with Crippen LogP contribution in [-0.4, -0.2) is 33.4 Å². The second-order valence-corrected chi connectivity index (χ2v) is 9.44. The van der Waals surface area contributed by atoms with Crippen molar-refractivity contribution in [2.45, 2.75) is 26.2 Å². The minimum atomic E-state index is -1.09. The molecule has 5 rings (SSSR count). The van der Waals surface area contributed by atoms with E-state index in [1.165, 1.54) is 16.8 Å². The van der Waals surface area contributed by atoms with Gasteiger partial charge in [-0.2, -0.15) is 10.4 Å². The molecule has 1 unspecified atom stereocenters. The van der Waals surface area contributed by atoms with Crippen molar-refractivity contribution in [2.24, 2.45) is 5.73 Å². The normalized spacial score (nSPS) is 14.3. The molecule has 0 radical (unpaired) electrons. The van der Waals surface area contributed by atoms with E-state index in [1.54, 1.807) is 49.4 Å². The van der Waals surface area contributed by atoms with Crippen LogP contribution in [0.15, 0.2) is 70.5 Å². The zero-order valence-electron chi connectivity index (χ0n) is 21.5. The molecule has 1 atom stereocenters. The number of nitriles is 1. The third-order valence-corrected chi connectivity index (χ3v) is 6.72. The highest BCUT2D eigenvalue weighted by Gasteiger charge is 2.38. The van der Waals surface area contributed by atoms with Crippen molar-refractivity contribution in [1.82, 2.24) is 9.78 Å². The summed E-state index contributed by atoms with van der Waals surface area (Å²) < 4.78 is 18.8. The molecular formula is C29H23ClN4O6. The number of fused-ring (bicyclic) bond motifs is 1. The molecule has 0 fully saturated rings. The molecule has 1 aliphatic rings. The number of carboxylic acid groups (broad SMARTS) is 1. The SMILES string of the molecule is CCCOC(=O)c1cc(-c2ccc(C3C(C#N)=C(N)Oc4c3c(C)nn4-c3cccc(C(=O)O)c3)o2)ccc1Cl. The van der Waals surface area contributed by atoms with Crippen LogP contribution in [0.5, 0.6) is 5.88 Å². The number of allylic oxidation sites excluding steroid dienone is 1. The number of hydrogen-bond donors (Lipinski definition) is 2. The highest BCUT2D eigenvalue weighted by molar-refractivity contribution is 6.33. The van der Waals surface area contributed by atoms with E-state index in [9.17, 15) is 20.0 Å². The van der Waals surface area contributed by atoms with Gasteiger partial charge in [0.05, 0.1) is 45.6 Å². The number of aromatic nitrogens is 2. The molecule has 2 aromatic heterocycles. The van der Waals surface area contributed by atoms with Crippen LogP contribution in [0.3, 0.4) is 0 Å². The molecule has 3 heterocycles. The predicted molar refractivity (Wildman–Crippen MR) is 144 cm³/mol. The molecule has 11 heteroatoms. The smallest absolute Gasteiger partial charge is 0.339 e. The number of esters is 1. The fraction of sp³-hybridized carbons (Fsp3) is 0.172. The van der Waals surface area contributed by atoms with Gasteiger partial charge in [-0.15, -0.1) is 0 Å². The largest absolute Gasteiger partial charge is 0.478 e. The van der Waals surface area contributed by atoms with E-state index in [2.05, 4.69) is 11.2 Å². The molecule has 40 heavy (non-hydrogen) atoms. The van der Waals surface area contributed by atoms with E-state index >= 15 is 0 Å². The molecule has 4 aromatic rings. The lowest BCUT2D eigenvalue weighted by Crippen LogP contribution is -2.21. The van der Waals surface area contributed by atoms with Gasteiger partial charge in [-0.1, -0.05) is 24.6 Å². The monoisotopic (exact) mass is 558 g/mol. The summed E-state index contributed by atoms with van der Waals surface area (Å²) in [5.74, 6) is -1.43. The van der Waals surface area contributed by atoms with Crippen molar-refractivity contribution in [1.29, 1.82) is 5.26 Å². The molecular weight excluding hydrogens is 536 g/mol. The molecule has 0 spiro atoms. The Bertz CT molecular complexity index is 1730. The van der Waals surface area contributed by atoms with E-state index in [1.807, 2.05) is 6.92 Å². The highest BCUT2D eigenvalue weighted by Crippen LogP contribution is 2.45. The van der Waals surface area contributed by atoms with Crippen molar-refractivity contribution >= 4 is 23.5 Å². The van der Waals surface area contributed by atoms with Crippen LogP contribution in [0.25, 0.3) is 17.0 Å². The summed E-state index contributed by atoms with van der Waals surface area (Å²) in [5, 5.41) is 24.2. The highest BCUT2D eigenvalue weighted by atomic mass is 35.5. The maximum Gasteiger partial charge on any atom is 0.339 e. The molecule has 202 valence electrons. The molecule has 10 nitrogen and oxygen atoms in total. The molecule has 0 amide bonds. The van der Waals surface area contributed by atoms with Crippen molar-refractivity contribution < 1.29 is 28.6 Å². The van der Waals surface area contributed by atoms with Crippen LogP contribution >= 0.6 is 11.6 Å². The van der Waals surface area contributed by atoms with Gasteiger partial charge >= 0.3 is 11.9 Å². The standard InChI is InChI=1S/C29H23ClN4O6/c1-3-11-38-29(37)19-13-16(7-8-21(19)30)22-9-10-23(39-22)25-20(14-31)26(32)40-27-24(25)15(2)33-34(27)18-6-4-5-17(12-18)28(35)36/h4-10,12-13,25H,3,11,32H2,1-2H3,(H,35,36). The van der Waals surface area contributed by atoms with Crippen LogP contribution in [0.1, 0.15) is 57.0 Å². The van der Waals surface area contributed by atoms with Gasteiger partial charge in [0.25, 0.3) is 0 Å². The topological polar surface area (TPSA) is 154 Å². The summed E-state index contributed by atoms with van der Waals surface area (Å²) in [6.07, 6.45) is 0.677. The van der Waals surface area contributed by atoms with Gasteiger partial charge in [0.1, 0.15) is 23.2 Å². The lowest BCUT2D eigenvalue weighted by molar-refractivity contribution is 0.0505. The van der Waals surface area contributed by atoms with Crippen LogP contribution in [0, 0.1) is 18.3 Å². The second-order valence-electron chi connectivity index (χ2n) is 9.03. The van der Waals surface area contributed by atoms with Crippen LogP contribution in [-0.2, 0) is 4.74 Å². The molecule has 2 aromatic carbocycles. The summed E-state index contributed by atoms with van der Waals surface area (Å²) >= 11 is 6.25. The Morgan fingerprint density at radius 1 is 1.23 bits per heavy atom. The average Bonchev–Trinajstić information content (AvgIpc) is 3.56. The van der Waals surface area contributed by atoms with Crippen molar-refractivity contribution in [3.8, 4) is 29.0 Å². The molecule has 0 aliphatic carbocycles. The predicted octanol–water partition coefficient (Wildman–Crippen LogP) is 5.58. The Kier molecular flexibility index (Phi) is 7.07. The Balaban J connectivity index is 1.58. The number of nitrogens with two attached hydrogens (primary N) is 1. The third-order valence-electron chi connectivity index (χ3n) is 6.39. The van der Waals surface area contributed by atoms with Gasteiger partial charge < -0.3 is 24.7 Å². The van der Waals surface area contributed by atoms with E-state index < -0.39 is 17.9 Å². The molecule has 3 N–H and O–H groups in total. The number of ether oxygens (including phenoxy) is 2. The van der Waals surface area contributed by atoms with Gasteiger partial charge in [-0.05, 0) is 61.9 Å². The van der Waals surface area contributed by atoms with E-state index in [0.717, 1.165) is 0 Å². The number of benzene rings is 2. The summed E-state index contributed by atoms with van der Waals surface area (Å²) in [6, 6.07) is 16.7. The number of hydrogen-bond acceptors (Lipinski definition) is 8. The Morgan fingerprint density at radius 2 is 2.02 bits per heavy atom. The van der Waals surface area contributed by atoms with Crippen molar-refractivity contribution in [3.63, 3.8) is 0 Å². The first-order chi connectivity index (χ1) is 19.2. The molecule has 1 aliphatic heterocycles. The number of halogens is 1. The number of furan rings is 1. The first-order valence-corrected chi connectivity index (χ1v) is 12.7. The summed E-state index contributed by atoms with van der Waals surface area (Å²) in [5.41, 5.74) is 8.71. The van der Waals surface area contributed by atoms with Crippen LogP contribution in [0.4, 0.5) is 0 Å². The van der Waals surface area contributed by atoms with Gasteiger partial charge in [0.15, 0.2) is 0 Å². The first-order valence-electron chi connectivity index (χ1n) is 12.3. The number of carboxylic acids is 1. The van der Waals surface area contributed by atoms with E-state index in [0.29, 0.717) is 40.4 Å². The second kappa shape index (κ2) is 10.6. The molecule has 0 saturated carbocycles. The number of nitrogens with zero attached hydrogens (tertiary/aromatic N) is 3. The summed E-state index contributed by atoms with van der Waals surface area (Å²) in [6.45, 7) is 3.92. The quantitative estimate of drug-likeness (QED) is 0.277. The summed E-state index contributed by atoms with van der Waals surface area (Å²) in [4.78, 5) is 24.0. The average molecular weight is 559 g/mol. The third kappa shape index (κ3) is 4.67.